The van der Waals surface area contributed by atoms with Crippen molar-refractivity contribution in [2.24, 2.45) is 5.41 Å². The van der Waals surface area contributed by atoms with Gasteiger partial charge in [0.25, 0.3) is 5.91 Å². The van der Waals surface area contributed by atoms with Gasteiger partial charge in [0.05, 0.1) is 6.04 Å². The second-order valence-corrected chi connectivity index (χ2v) is 10.5. The highest BCUT2D eigenvalue weighted by Gasteiger charge is 2.34. The lowest BCUT2D eigenvalue weighted by atomic mass is 9.87. The van der Waals surface area contributed by atoms with E-state index in [0.717, 1.165) is 18.4 Å². The maximum Gasteiger partial charge on any atom is 0.289 e. The zero-order valence-electron chi connectivity index (χ0n) is 21.8. The highest BCUT2D eigenvalue weighted by molar-refractivity contribution is 6.38. The number of nitrogens with one attached hydrogen (secondary N) is 4. The molecule has 1 aliphatic rings. The summed E-state index contributed by atoms with van der Waals surface area (Å²) in [7, 11) is 0. The Kier molecular flexibility index (Phi) is 11.1. The molecule has 0 heterocycles. The van der Waals surface area contributed by atoms with E-state index in [1.807, 2.05) is 51.1 Å². The normalized spacial score (nSPS) is 14.8. The van der Waals surface area contributed by atoms with Crippen molar-refractivity contribution >= 4 is 29.4 Å². The van der Waals surface area contributed by atoms with Crippen LogP contribution in [0.4, 0.5) is 0 Å². The van der Waals surface area contributed by atoms with Crippen LogP contribution in [0.3, 0.4) is 0 Å². The van der Waals surface area contributed by atoms with Crippen LogP contribution < -0.4 is 21.3 Å². The largest absolute Gasteiger partial charge is 0.356 e. The van der Waals surface area contributed by atoms with E-state index in [1.54, 1.807) is 6.92 Å². The molecular weight excluding hydrogens is 460 g/mol. The number of benzene rings is 1. The Morgan fingerprint density at radius 3 is 2.17 bits per heavy atom. The number of amides is 4. The van der Waals surface area contributed by atoms with Crippen molar-refractivity contribution in [2.75, 3.05) is 6.54 Å². The molecule has 36 heavy (non-hydrogen) atoms. The predicted molar refractivity (Wildman–Crippen MR) is 137 cm³/mol. The molecule has 0 radical (unpaired) electrons. The first kappa shape index (κ1) is 29.0. The monoisotopic (exact) mass is 500 g/mol. The first-order valence-corrected chi connectivity index (χ1v) is 12.7. The zero-order chi connectivity index (χ0) is 26.7. The van der Waals surface area contributed by atoms with E-state index in [4.69, 9.17) is 0 Å². The molecule has 4 N–H and O–H groups in total. The van der Waals surface area contributed by atoms with Crippen molar-refractivity contribution < 1.29 is 24.0 Å². The Morgan fingerprint density at radius 1 is 0.917 bits per heavy atom. The van der Waals surface area contributed by atoms with Crippen LogP contribution in [0.5, 0.6) is 0 Å². The van der Waals surface area contributed by atoms with E-state index in [-0.39, 0.29) is 42.5 Å². The molecule has 198 valence electrons. The molecule has 2 rings (SSSR count). The number of rotatable bonds is 14. The number of aryl methyl sites for hydroxylation is 1. The van der Waals surface area contributed by atoms with E-state index >= 15 is 0 Å². The lowest BCUT2D eigenvalue weighted by Gasteiger charge is -2.28. The second kappa shape index (κ2) is 13.8. The minimum atomic E-state index is -1.16. The third-order valence-electron chi connectivity index (χ3n) is 5.76. The Balaban J connectivity index is 2.08. The van der Waals surface area contributed by atoms with E-state index in [9.17, 15) is 24.0 Å². The fraction of sp³-hybridized carbons (Fsp3) is 0.593. The van der Waals surface area contributed by atoms with Crippen LogP contribution in [-0.2, 0) is 30.4 Å². The summed E-state index contributed by atoms with van der Waals surface area (Å²) in [5.41, 5.74) is 0.723. The van der Waals surface area contributed by atoms with E-state index in [1.165, 1.54) is 0 Å². The van der Waals surface area contributed by atoms with Gasteiger partial charge in [0.2, 0.25) is 23.5 Å². The highest BCUT2D eigenvalue weighted by atomic mass is 16.2. The van der Waals surface area contributed by atoms with Crippen LogP contribution in [0.2, 0.25) is 0 Å². The van der Waals surface area contributed by atoms with Crippen molar-refractivity contribution in [1.29, 1.82) is 0 Å². The van der Waals surface area contributed by atoms with Gasteiger partial charge in [-0.05, 0) is 50.0 Å². The summed E-state index contributed by atoms with van der Waals surface area (Å²) in [6.45, 7) is 8.07. The number of carbonyl (C=O) groups excluding carboxylic acids is 5. The predicted octanol–water partition coefficient (Wildman–Crippen LogP) is 1.79. The van der Waals surface area contributed by atoms with Crippen molar-refractivity contribution in [3.63, 3.8) is 0 Å². The van der Waals surface area contributed by atoms with Gasteiger partial charge in [-0.15, -0.1) is 0 Å². The van der Waals surface area contributed by atoms with Gasteiger partial charge in [-0.25, -0.2) is 0 Å². The van der Waals surface area contributed by atoms with E-state index in [2.05, 4.69) is 21.3 Å². The van der Waals surface area contributed by atoms with Crippen LogP contribution in [0.25, 0.3) is 0 Å². The Bertz CT molecular complexity index is 922. The molecule has 1 aliphatic carbocycles. The average Bonchev–Trinajstić information content (AvgIpc) is 3.63. The molecule has 0 aliphatic heterocycles. The van der Waals surface area contributed by atoms with Gasteiger partial charge in [-0.3, -0.25) is 24.0 Å². The SMILES string of the molecule is CCNC(=O)CCC(NC(=O)C(CC(C)(C)C)NC(=O)CCc1ccccc1)C(=O)C(=O)NC1CC1. The Morgan fingerprint density at radius 2 is 1.58 bits per heavy atom. The third-order valence-corrected chi connectivity index (χ3v) is 5.76. The van der Waals surface area contributed by atoms with Crippen LogP contribution in [0.1, 0.15) is 71.8 Å². The quantitative estimate of drug-likeness (QED) is 0.289. The number of hydrogen-bond acceptors (Lipinski definition) is 5. The fourth-order valence-electron chi connectivity index (χ4n) is 3.74. The standard InChI is InChI=1S/C27H40N4O5/c1-5-28-22(32)16-14-20(24(34)26(36)29-19-12-13-19)31-25(35)21(17-27(2,3)4)30-23(33)15-11-18-9-7-6-8-10-18/h6-10,19-21H,5,11-17H2,1-4H3,(H,28,32)(H,29,36)(H,30,33)(H,31,35). The first-order valence-electron chi connectivity index (χ1n) is 12.7. The summed E-state index contributed by atoms with van der Waals surface area (Å²) in [5.74, 6) is -2.65. The maximum atomic E-state index is 13.3. The lowest BCUT2D eigenvalue weighted by Crippen LogP contribution is -2.55. The Hall–Kier alpha value is -3.23. The molecule has 1 saturated carbocycles. The van der Waals surface area contributed by atoms with Gasteiger partial charge in [-0.1, -0.05) is 51.1 Å². The molecule has 1 aromatic carbocycles. The van der Waals surface area contributed by atoms with Gasteiger partial charge >= 0.3 is 0 Å². The molecule has 2 atom stereocenters. The molecule has 1 aromatic rings. The van der Waals surface area contributed by atoms with Gasteiger partial charge in [0.15, 0.2) is 0 Å². The summed E-state index contributed by atoms with van der Waals surface area (Å²) in [6.07, 6.45) is 2.68. The molecule has 1 fully saturated rings. The van der Waals surface area contributed by atoms with Crippen molar-refractivity contribution in [1.82, 2.24) is 21.3 Å². The minimum absolute atomic E-state index is 0.0151. The van der Waals surface area contributed by atoms with Crippen molar-refractivity contribution in [2.45, 2.75) is 90.8 Å². The molecule has 2 unspecified atom stereocenters. The van der Waals surface area contributed by atoms with Crippen molar-refractivity contribution in [3.8, 4) is 0 Å². The van der Waals surface area contributed by atoms with Crippen molar-refractivity contribution in [3.05, 3.63) is 35.9 Å². The van der Waals surface area contributed by atoms with Gasteiger partial charge < -0.3 is 21.3 Å². The number of carbonyl (C=O) groups is 5. The molecule has 0 spiro atoms. The molecule has 9 nitrogen and oxygen atoms in total. The Labute approximate surface area is 213 Å². The minimum Gasteiger partial charge on any atom is -0.356 e. The van der Waals surface area contributed by atoms with Gasteiger partial charge in [-0.2, -0.15) is 0 Å². The summed E-state index contributed by atoms with van der Waals surface area (Å²) in [5, 5.41) is 10.7. The summed E-state index contributed by atoms with van der Waals surface area (Å²) < 4.78 is 0. The molecule has 4 amide bonds. The topological polar surface area (TPSA) is 133 Å². The summed E-state index contributed by atoms with van der Waals surface area (Å²) in [6, 6.07) is 7.51. The van der Waals surface area contributed by atoms with Gasteiger partial charge in [0, 0.05) is 25.4 Å². The van der Waals surface area contributed by atoms with Crippen LogP contribution in [-0.4, -0.2) is 54.1 Å². The molecular formula is C27H40N4O5. The second-order valence-electron chi connectivity index (χ2n) is 10.5. The zero-order valence-corrected chi connectivity index (χ0v) is 21.8. The van der Waals surface area contributed by atoms with E-state index < -0.39 is 29.7 Å². The fourth-order valence-corrected chi connectivity index (χ4v) is 3.74. The summed E-state index contributed by atoms with van der Waals surface area (Å²) in [4.78, 5) is 63.2. The molecule has 0 bridgehead atoms. The number of hydrogen-bond donors (Lipinski definition) is 4. The van der Waals surface area contributed by atoms with Crippen LogP contribution in [0.15, 0.2) is 30.3 Å². The molecule has 9 heteroatoms. The number of ketones is 1. The maximum absolute atomic E-state index is 13.3. The number of Topliss-reactive ketones (excluding diaryl/α,β-unsaturated/α-hetero) is 1. The first-order chi connectivity index (χ1) is 17.0. The van der Waals surface area contributed by atoms with Crippen LogP contribution >= 0.6 is 0 Å². The smallest absolute Gasteiger partial charge is 0.289 e. The highest BCUT2D eigenvalue weighted by Crippen LogP contribution is 2.22. The average molecular weight is 501 g/mol. The van der Waals surface area contributed by atoms with Gasteiger partial charge in [0.1, 0.15) is 6.04 Å². The van der Waals surface area contributed by atoms with E-state index in [0.29, 0.717) is 19.4 Å². The van der Waals surface area contributed by atoms with Crippen LogP contribution in [0, 0.1) is 5.41 Å². The molecule has 0 saturated heterocycles. The molecule has 0 aromatic heterocycles. The summed E-state index contributed by atoms with van der Waals surface area (Å²) >= 11 is 0. The lowest BCUT2D eigenvalue weighted by molar-refractivity contribution is -0.141. The third kappa shape index (κ3) is 11.0.